The predicted octanol–water partition coefficient (Wildman–Crippen LogP) is 5.65. The van der Waals surface area contributed by atoms with Crippen molar-refractivity contribution >= 4 is 44.6 Å². The maximum Gasteiger partial charge on any atom is 0.338 e. The van der Waals surface area contributed by atoms with Crippen LogP contribution in [0.5, 0.6) is 0 Å². The number of benzene rings is 3. The highest BCUT2D eigenvalue weighted by molar-refractivity contribution is 7.93. The van der Waals surface area contributed by atoms with Crippen molar-refractivity contribution in [3.63, 3.8) is 0 Å². The van der Waals surface area contributed by atoms with Gasteiger partial charge >= 0.3 is 5.97 Å². The summed E-state index contributed by atoms with van der Waals surface area (Å²) in [6, 6.07) is 22.3. The standard InChI is InChI=1S/C24H19ClN2O4S2/c1-27(20-10-6-3-7-11-20)33(29,30)22-14-18(12-13-21(22)25)24(28)31-15-19-16-32-23(26-19)17-8-4-2-5-9-17/h2-14,16H,15H2,1H3. The Kier molecular flexibility index (Phi) is 6.78. The molecule has 1 heterocycles. The minimum Gasteiger partial charge on any atom is -0.456 e. The van der Waals surface area contributed by atoms with E-state index in [0.717, 1.165) is 14.9 Å². The molecule has 0 aliphatic heterocycles. The molecule has 3 aromatic carbocycles. The van der Waals surface area contributed by atoms with Crippen molar-refractivity contribution in [3.05, 3.63) is 101 Å². The van der Waals surface area contributed by atoms with Crippen molar-refractivity contribution in [1.29, 1.82) is 0 Å². The van der Waals surface area contributed by atoms with Crippen LogP contribution in [-0.2, 0) is 21.4 Å². The molecule has 0 aliphatic carbocycles. The van der Waals surface area contributed by atoms with Crippen LogP contribution in [0.15, 0.2) is 89.1 Å². The molecule has 1 aromatic heterocycles. The molecule has 0 radical (unpaired) electrons. The minimum atomic E-state index is -3.99. The second-order valence-electron chi connectivity index (χ2n) is 7.04. The number of ether oxygens (including phenoxy) is 1. The number of esters is 1. The van der Waals surface area contributed by atoms with E-state index in [0.29, 0.717) is 11.4 Å². The summed E-state index contributed by atoms with van der Waals surface area (Å²) in [5, 5.41) is 2.66. The van der Waals surface area contributed by atoms with E-state index in [1.807, 2.05) is 35.7 Å². The zero-order chi connectivity index (χ0) is 23.4. The molecule has 168 valence electrons. The Labute approximate surface area is 201 Å². The molecule has 9 heteroatoms. The van der Waals surface area contributed by atoms with Gasteiger partial charge in [-0.1, -0.05) is 60.1 Å². The number of rotatable bonds is 7. The number of thiazole rings is 1. The number of para-hydroxylation sites is 1. The smallest absolute Gasteiger partial charge is 0.338 e. The van der Waals surface area contributed by atoms with Crippen LogP contribution in [0.25, 0.3) is 10.6 Å². The van der Waals surface area contributed by atoms with Gasteiger partial charge in [0.2, 0.25) is 0 Å². The van der Waals surface area contributed by atoms with E-state index < -0.39 is 16.0 Å². The van der Waals surface area contributed by atoms with Gasteiger partial charge in [-0.3, -0.25) is 4.31 Å². The predicted molar refractivity (Wildman–Crippen MR) is 130 cm³/mol. The maximum absolute atomic E-state index is 13.1. The fourth-order valence-corrected chi connectivity index (χ4v) is 5.57. The number of nitrogens with zero attached hydrogens (tertiary/aromatic N) is 2. The van der Waals surface area contributed by atoms with Crippen LogP contribution in [0, 0.1) is 0 Å². The van der Waals surface area contributed by atoms with E-state index in [9.17, 15) is 13.2 Å². The maximum atomic E-state index is 13.1. The molecule has 4 aromatic rings. The van der Waals surface area contributed by atoms with E-state index in [-0.39, 0.29) is 22.1 Å². The van der Waals surface area contributed by atoms with Crippen LogP contribution in [0.4, 0.5) is 5.69 Å². The lowest BCUT2D eigenvalue weighted by atomic mass is 10.2. The molecular formula is C24H19ClN2O4S2. The molecule has 0 amide bonds. The highest BCUT2D eigenvalue weighted by atomic mass is 35.5. The number of sulfonamides is 1. The van der Waals surface area contributed by atoms with Gasteiger partial charge in [0.1, 0.15) is 16.5 Å². The third kappa shape index (κ3) is 5.08. The lowest BCUT2D eigenvalue weighted by Gasteiger charge is -2.20. The van der Waals surface area contributed by atoms with Crippen molar-refractivity contribution in [2.24, 2.45) is 0 Å². The first-order valence-corrected chi connectivity index (χ1v) is 12.6. The van der Waals surface area contributed by atoms with E-state index >= 15 is 0 Å². The zero-order valence-corrected chi connectivity index (χ0v) is 19.9. The van der Waals surface area contributed by atoms with Gasteiger partial charge in [0, 0.05) is 18.0 Å². The summed E-state index contributed by atoms with van der Waals surface area (Å²) in [6.07, 6.45) is 0. The molecule has 0 bridgehead atoms. The fraction of sp³-hybridized carbons (Fsp3) is 0.0833. The largest absolute Gasteiger partial charge is 0.456 e. The molecular weight excluding hydrogens is 480 g/mol. The van der Waals surface area contributed by atoms with Crippen LogP contribution in [0.1, 0.15) is 16.1 Å². The Morgan fingerprint density at radius 3 is 2.39 bits per heavy atom. The number of hydrogen-bond donors (Lipinski definition) is 0. The lowest BCUT2D eigenvalue weighted by Crippen LogP contribution is -2.27. The van der Waals surface area contributed by atoms with Gasteiger partial charge in [0.15, 0.2) is 0 Å². The van der Waals surface area contributed by atoms with Crippen molar-refractivity contribution in [2.45, 2.75) is 11.5 Å². The van der Waals surface area contributed by atoms with Crippen LogP contribution >= 0.6 is 22.9 Å². The SMILES string of the molecule is CN(c1ccccc1)S(=O)(=O)c1cc(C(=O)OCc2csc(-c3ccccc3)n2)ccc1Cl. The number of hydrogen-bond acceptors (Lipinski definition) is 6. The van der Waals surface area contributed by atoms with E-state index in [1.165, 1.54) is 36.6 Å². The lowest BCUT2D eigenvalue weighted by molar-refractivity contribution is 0.0468. The first-order chi connectivity index (χ1) is 15.9. The molecule has 0 atom stereocenters. The summed E-state index contributed by atoms with van der Waals surface area (Å²) in [5.41, 5.74) is 2.14. The molecule has 0 fully saturated rings. The Morgan fingerprint density at radius 1 is 1.03 bits per heavy atom. The Morgan fingerprint density at radius 2 is 1.70 bits per heavy atom. The van der Waals surface area contributed by atoms with Gasteiger partial charge in [-0.25, -0.2) is 18.2 Å². The Hall–Kier alpha value is -3.20. The van der Waals surface area contributed by atoms with Crippen molar-refractivity contribution in [1.82, 2.24) is 4.98 Å². The van der Waals surface area contributed by atoms with Gasteiger partial charge in [0.25, 0.3) is 10.0 Å². The average Bonchev–Trinajstić information content (AvgIpc) is 3.32. The number of anilines is 1. The van der Waals surface area contributed by atoms with Gasteiger partial charge in [-0.2, -0.15) is 0 Å². The van der Waals surface area contributed by atoms with Gasteiger partial charge in [-0.15, -0.1) is 11.3 Å². The van der Waals surface area contributed by atoms with Gasteiger partial charge in [0.05, 0.1) is 22.0 Å². The molecule has 33 heavy (non-hydrogen) atoms. The molecule has 0 N–H and O–H groups in total. The first kappa shape index (κ1) is 23.0. The average molecular weight is 499 g/mol. The monoisotopic (exact) mass is 498 g/mol. The van der Waals surface area contributed by atoms with Crippen LogP contribution in [-0.4, -0.2) is 26.4 Å². The Bertz CT molecular complexity index is 1370. The normalized spacial score (nSPS) is 11.2. The Balaban J connectivity index is 1.50. The van der Waals surface area contributed by atoms with Crippen LogP contribution in [0.3, 0.4) is 0 Å². The molecule has 0 unspecified atom stereocenters. The number of carbonyl (C=O) groups is 1. The fourth-order valence-electron chi connectivity index (χ4n) is 3.06. The van der Waals surface area contributed by atoms with E-state index in [4.69, 9.17) is 16.3 Å². The molecule has 0 saturated heterocycles. The summed E-state index contributed by atoms with van der Waals surface area (Å²) in [4.78, 5) is 16.9. The van der Waals surface area contributed by atoms with Crippen molar-refractivity contribution < 1.29 is 17.9 Å². The second kappa shape index (κ2) is 9.74. The van der Waals surface area contributed by atoms with Crippen molar-refractivity contribution in [3.8, 4) is 10.6 Å². The van der Waals surface area contributed by atoms with Crippen LogP contribution < -0.4 is 4.31 Å². The molecule has 6 nitrogen and oxygen atoms in total. The zero-order valence-electron chi connectivity index (χ0n) is 17.5. The summed E-state index contributed by atoms with van der Waals surface area (Å²) in [5.74, 6) is -0.667. The molecule has 0 aliphatic rings. The first-order valence-electron chi connectivity index (χ1n) is 9.87. The van der Waals surface area contributed by atoms with Crippen LogP contribution in [0.2, 0.25) is 5.02 Å². The highest BCUT2D eigenvalue weighted by Crippen LogP contribution is 2.29. The topological polar surface area (TPSA) is 76.6 Å². The molecule has 0 spiro atoms. The summed E-state index contributed by atoms with van der Waals surface area (Å²) in [7, 11) is -2.56. The molecule has 0 saturated carbocycles. The number of aromatic nitrogens is 1. The van der Waals surface area contributed by atoms with Crippen molar-refractivity contribution in [2.75, 3.05) is 11.4 Å². The van der Waals surface area contributed by atoms with Gasteiger partial charge < -0.3 is 4.74 Å². The van der Waals surface area contributed by atoms with E-state index in [1.54, 1.807) is 30.3 Å². The quantitative estimate of drug-likeness (QED) is 0.308. The summed E-state index contributed by atoms with van der Waals surface area (Å²) < 4.78 is 32.7. The third-order valence-corrected chi connectivity index (χ3v) is 8.06. The summed E-state index contributed by atoms with van der Waals surface area (Å²) in [6.45, 7) is -0.0310. The highest BCUT2D eigenvalue weighted by Gasteiger charge is 2.25. The van der Waals surface area contributed by atoms with Gasteiger partial charge in [-0.05, 0) is 30.3 Å². The number of halogens is 1. The summed E-state index contributed by atoms with van der Waals surface area (Å²) >= 11 is 7.64. The molecule has 4 rings (SSSR count). The second-order valence-corrected chi connectivity index (χ2v) is 10.2. The minimum absolute atomic E-state index is 0.0151. The number of carbonyl (C=O) groups excluding carboxylic acids is 1. The van der Waals surface area contributed by atoms with E-state index in [2.05, 4.69) is 4.98 Å². The third-order valence-electron chi connectivity index (χ3n) is 4.85.